The minimum absolute atomic E-state index is 0.00239. The first-order valence-electron chi connectivity index (χ1n) is 23.6. The summed E-state index contributed by atoms with van der Waals surface area (Å²) in [6.45, 7) is 14.3. The first-order chi connectivity index (χ1) is 34.1. The van der Waals surface area contributed by atoms with Gasteiger partial charge >= 0.3 is 17.6 Å². The van der Waals surface area contributed by atoms with Crippen LogP contribution in [0.3, 0.4) is 0 Å². The fourth-order valence-corrected chi connectivity index (χ4v) is 7.41. The van der Waals surface area contributed by atoms with Crippen LogP contribution >= 0.6 is 0 Å². The van der Waals surface area contributed by atoms with Crippen LogP contribution in [0, 0.1) is 27.9 Å². The van der Waals surface area contributed by atoms with Gasteiger partial charge in [0.25, 0.3) is 6.47 Å². The van der Waals surface area contributed by atoms with Crippen molar-refractivity contribution in [2.45, 2.75) is 130 Å². The van der Waals surface area contributed by atoms with Crippen molar-refractivity contribution in [1.29, 1.82) is 0 Å². The molecule has 3 aromatic rings. The van der Waals surface area contributed by atoms with Crippen LogP contribution in [0.15, 0.2) is 48.7 Å². The SMILES string of the molecule is CC(C)C(=O)OC(Cc1cn(CCN(CC(=O)NC(C)(C)COC(C)(C)CCC(=O)O)C(=O)Cc2ccc(N3C(=O)CC(C(C)C)C3=O)cc2)nn1)c1ccc(O)c([N+](=O)[O-])c1.O=CO.OC1COCC(O)C1. The molecule has 0 radical (unpaired) electrons. The Morgan fingerprint density at radius 3 is 2.19 bits per heavy atom. The van der Waals surface area contributed by atoms with Crippen LogP contribution in [0.5, 0.6) is 5.75 Å². The molecule has 4 unspecified atom stereocenters. The minimum Gasteiger partial charge on any atom is -0.502 e. The van der Waals surface area contributed by atoms with Gasteiger partial charge < -0.3 is 50.0 Å². The minimum atomic E-state index is -1.02. The number of amides is 4. The highest BCUT2D eigenvalue weighted by Gasteiger charge is 2.41. The molecule has 0 bridgehead atoms. The van der Waals surface area contributed by atoms with E-state index in [-0.39, 0.29) is 88.1 Å². The second-order valence-corrected chi connectivity index (χ2v) is 19.6. The van der Waals surface area contributed by atoms with Crippen molar-refractivity contribution >= 4 is 53.4 Å². The van der Waals surface area contributed by atoms with Crippen LogP contribution in [0.1, 0.15) is 104 Å². The molecule has 2 aromatic carbocycles. The molecule has 2 fully saturated rings. The van der Waals surface area contributed by atoms with E-state index in [1.807, 2.05) is 13.8 Å². The zero-order chi connectivity index (χ0) is 54.8. The van der Waals surface area contributed by atoms with Crippen molar-refractivity contribution in [2.24, 2.45) is 17.8 Å². The van der Waals surface area contributed by atoms with E-state index in [1.165, 1.54) is 20.5 Å². The predicted octanol–water partition coefficient (Wildman–Crippen LogP) is 3.37. The molecule has 4 atom stereocenters. The third kappa shape index (κ3) is 19.9. The second-order valence-electron chi connectivity index (χ2n) is 19.6. The van der Waals surface area contributed by atoms with Crippen molar-refractivity contribution in [3.63, 3.8) is 0 Å². The Kier molecular flexibility index (Phi) is 23.0. The average molecular weight is 1030 g/mol. The van der Waals surface area contributed by atoms with E-state index in [9.17, 15) is 44.0 Å². The second kappa shape index (κ2) is 27.8. The molecule has 0 saturated carbocycles. The van der Waals surface area contributed by atoms with Gasteiger partial charge in [-0.25, -0.2) is 0 Å². The maximum atomic E-state index is 13.9. The number of carboxylic acids is 1. The Morgan fingerprint density at radius 2 is 1.66 bits per heavy atom. The predicted molar refractivity (Wildman–Crippen MR) is 260 cm³/mol. The zero-order valence-electron chi connectivity index (χ0n) is 42.5. The number of imide groups is 1. The summed E-state index contributed by atoms with van der Waals surface area (Å²) in [5, 5.41) is 66.4. The first kappa shape index (κ1) is 60.4. The van der Waals surface area contributed by atoms with E-state index >= 15 is 0 Å². The van der Waals surface area contributed by atoms with Gasteiger partial charge in [-0.3, -0.25) is 53.3 Å². The van der Waals surface area contributed by atoms with Gasteiger partial charge in [0.15, 0.2) is 5.75 Å². The lowest BCUT2D eigenvalue weighted by Crippen LogP contribution is -2.52. The highest BCUT2D eigenvalue weighted by Crippen LogP contribution is 2.33. The normalized spacial score (nSPS) is 17.2. The molecule has 5 rings (SSSR count). The lowest BCUT2D eigenvalue weighted by Gasteiger charge is -2.33. The summed E-state index contributed by atoms with van der Waals surface area (Å²) in [6.07, 6.45) is 0.220. The van der Waals surface area contributed by atoms with Gasteiger partial charge in [-0.15, -0.1) is 5.10 Å². The summed E-state index contributed by atoms with van der Waals surface area (Å²) in [6, 6.07) is 10.2. The number of aromatic hydroxyl groups is 1. The van der Waals surface area contributed by atoms with Crippen molar-refractivity contribution < 1.29 is 78.2 Å². The number of phenolic OH excluding ortho intramolecular Hbond substituents is 1. The number of ether oxygens (including phenoxy) is 3. The number of carboxylic acid groups (broad SMARTS) is 2. The summed E-state index contributed by atoms with van der Waals surface area (Å²) < 4.78 is 17.9. The van der Waals surface area contributed by atoms with Crippen LogP contribution in [-0.2, 0) is 67.2 Å². The van der Waals surface area contributed by atoms with Gasteiger partial charge in [0.2, 0.25) is 23.6 Å². The maximum Gasteiger partial charge on any atom is 0.311 e. The Hall–Kier alpha value is -6.89. The van der Waals surface area contributed by atoms with Crippen molar-refractivity contribution in [1.82, 2.24) is 25.2 Å². The smallest absolute Gasteiger partial charge is 0.311 e. The number of aliphatic carboxylic acids is 1. The van der Waals surface area contributed by atoms with Crippen LogP contribution in [0.25, 0.3) is 0 Å². The number of nitrogens with zero attached hydrogens (tertiary/aromatic N) is 6. The van der Waals surface area contributed by atoms with Gasteiger partial charge in [0.1, 0.15) is 6.10 Å². The monoisotopic (exact) mass is 1030 g/mol. The number of carbonyl (C=O) groups excluding carboxylic acids is 5. The van der Waals surface area contributed by atoms with Crippen molar-refractivity contribution in [2.75, 3.05) is 37.8 Å². The van der Waals surface area contributed by atoms with Gasteiger partial charge in [0, 0.05) is 44.5 Å². The summed E-state index contributed by atoms with van der Waals surface area (Å²) in [4.78, 5) is 98.6. The molecular weight excluding hydrogens is 959 g/mol. The number of nitro groups is 1. The summed E-state index contributed by atoms with van der Waals surface area (Å²) in [5.74, 6) is -4.45. The summed E-state index contributed by atoms with van der Waals surface area (Å²) in [7, 11) is 0. The van der Waals surface area contributed by atoms with E-state index < -0.39 is 81.4 Å². The molecule has 0 spiro atoms. The Balaban J connectivity index is 0.00000114. The van der Waals surface area contributed by atoms with Gasteiger partial charge in [-0.05, 0) is 69.4 Å². The topological polar surface area (TPSA) is 341 Å². The third-order valence-corrected chi connectivity index (χ3v) is 11.5. The van der Waals surface area contributed by atoms with Crippen LogP contribution in [0.2, 0.25) is 0 Å². The average Bonchev–Trinajstić information content (AvgIpc) is 3.88. The number of carbonyl (C=O) groups is 7. The summed E-state index contributed by atoms with van der Waals surface area (Å²) in [5.41, 5.74) is -0.676. The maximum absolute atomic E-state index is 13.9. The molecule has 2 saturated heterocycles. The highest BCUT2D eigenvalue weighted by atomic mass is 16.6. The Morgan fingerprint density at radius 1 is 1.03 bits per heavy atom. The fourth-order valence-electron chi connectivity index (χ4n) is 7.41. The zero-order valence-corrected chi connectivity index (χ0v) is 42.5. The fraction of sp³-hybridized carbons (Fsp3) is 0.571. The molecule has 73 heavy (non-hydrogen) atoms. The molecule has 2 aliphatic heterocycles. The standard InChI is InChI=1S/C43H57N7O12.C5H10O3.CH2O2/c1-26(2)32-22-38(54)49(40(32)57)31-12-9-28(10-13-31)19-37(53)47(24-36(52)44-42(5,6)25-61-43(7,8)16-15-39(55)56)17-18-48-23-30(45-46-48)21-35(62-41(58)27(3)4)29-11-14-34(51)33(20-29)50(59)60;6-4-1-5(7)3-8-2-4;2-1-3/h9-14,20,23,26-27,32,35,51H,15-19,21-22,24-25H2,1-8H3,(H,44,52)(H,55,56);4-7H,1-3H2;1H,(H,2,3). The first-order valence-corrected chi connectivity index (χ1v) is 23.6. The van der Waals surface area contributed by atoms with Gasteiger partial charge in [-0.2, -0.15) is 0 Å². The van der Waals surface area contributed by atoms with Crippen molar-refractivity contribution in [3.05, 3.63) is 75.6 Å². The number of aliphatic hydroxyl groups is 2. The van der Waals surface area contributed by atoms with Crippen LogP contribution in [0.4, 0.5) is 11.4 Å². The number of nitro benzene ring substituents is 1. The molecule has 6 N–H and O–H groups in total. The molecular formula is C49H69N7O17. The van der Waals surface area contributed by atoms with E-state index in [4.69, 9.17) is 39.4 Å². The number of anilines is 1. The number of phenols is 1. The number of nitrogens with one attached hydrogen (secondary N) is 1. The Labute approximate surface area is 422 Å². The summed E-state index contributed by atoms with van der Waals surface area (Å²) >= 11 is 0. The molecule has 24 heteroatoms. The number of hydrogen-bond acceptors (Lipinski definition) is 17. The number of aliphatic hydroxyl groups excluding tert-OH is 2. The highest BCUT2D eigenvalue weighted by molar-refractivity contribution is 6.21. The van der Waals surface area contributed by atoms with E-state index in [0.29, 0.717) is 36.6 Å². The lowest BCUT2D eigenvalue weighted by atomic mass is 9.94. The molecule has 1 aromatic heterocycles. The molecule has 2 aliphatic rings. The number of aromatic nitrogens is 3. The number of benzene rings is 2. The van der Waals surface area contributed by atoms with Crippen LogP contribution < -0.4 is 10.2 Å². The molecule has 4 amide bonds. The van der Waals surface area contributed by atoms with E-state index in [1.54, 1.807) is 72.0 Å². The third-order valence-electron chi connectivity index (χ3n) is 11.5. The lowest BCUT2D eigenvalue weighted by molar-refractivity contribution is -0.386. The van der Waals surface area contributed by atoms with Crippen LogP contribution in [-0.4, -0.2) is 149 Å². The molecule has 402 valence electrons. The van der Waals surface area contributed by atoms with E-state index in [0.717, 1.165) is 12.1 Å². The molecule has 24 nitrogen and oxygen atoms in total. The Bertz CT molecular complexity index is 2360. The quantitative estimate of drug-likeness (QED) is 0.0276. The number of rotatable bonds is 22. The van der Waals surface area contributed by atoms with E-state index in [2.05, 4.69) is 15.6 Å². The molecule has 3 heterocycles. The number of esters is 1. The van der Waals surface area contributed by atoms with Gasteiger partial charge in [0.05, 0.1) is 90.8 Å². The largest absolute Gasteiger partial charge is 0.502 e. The van der Waals surface area contributed by atoms with Crippen molar-refractivity contribution in [3.8, 4) is 5.75 Å². The van der Waals surface area contributed by atoms with Gasteiger partial charge in [-0.1, -0.05) is 51.1 Å². The number of hydrogen-bond donors (Lipinski definition) is 6. The molecule has 0 aliphatic carbocycles.